The average Bonchev–Trinajstić information content (AvgIpc) is 2.61. The monoisotopic (exact) mass is 170 g/mol. The van der Waals surface area contributed by atoms with Gasteiger partial charge in [0.1, 0.15) is 6.33 Å². The number of rotatable bonds is 0. The van der Waals surface area contributed by atoms with Crippen LogP contribution in [0, 0.1) is 0 Å². The average molecular weight is 170 g/mol. The van der Waals surface area contributed by atoms with E-state index in [9.17, 15) is 0 Å². The van der Waals surface area contributed by atoms with Gasteiger partial charge in [0.05, 0.1) is 22.9 Å². The Morgan fingerprint density at radius 2 is 2.08 bits per heavy atom. The molecule has 2 aromatic heterocycles. The van der Waals surface area contributed by atoms with Gasteiger partial charge in [0.2, 0.25) is 0 Å². The van der Waals surface area contributed by atoms with Crippen molar-refractivity contribution in [3.8, 4) is 0 Å². The summed E-state index contributed by atoms with van der Waals surface area (Å²) in [6.07, 6.45) is 5.01. The molecule has 0 bridgehead atoms. The summed E-state index contributed by atoms with van der Waals surface area (Å²) in [6, 6.07) is 3.94. The number of fused-ring (bicyclic) bond motifs is 2. The van der Waals surface area contributed by atoms with E-state index in [1.165, 1.54) is 0 Å². The van der Waals surface area contributed by atoms with E-state index >= 15 is 0 Å². The van der Waals surface area contributed by atoms with Crippen LogP contribution in [0.25, 0.3) is 21.9 Å². The molecule has 3 aromatic rings. The minimum atomic E-state index is 0.926. The smallest absolute Gasteiger partial charge is 0.116 e. The Morgan fingerprint density at radius 1 is 1.08 bits per heavy atom. The summed E-state index contributed by atoms with van der Waals surface area (Å²) in [5.74, 6) is 0. The lowest BCUT2D eigenvalue weighted by atomic mass is 10.2. The largest absolute Gasteiger partial charge is 0.345 e. The number of hydrogen-bond donors (Lipinski definition) is 1. The summed E-state index contributed by atoms with van der Waals surface area (Å²) in [5.41, 5.74) is 2.88. The maximum absolute atomic E-state index is 4.15. The zero-order valence-corrected chi connectivity index (χ0v) is 6.73. The third-order valence-electron chi connectivity index (χ3n) is 2.05. The first kappa shape index (κ1) is 6.54. The van der Waals surface area contributed by atoms with Crippen molar-refractivity contribution in [2.75, 3.05) is 0 Å². The Labute approximate surface area is 73.7 Å². The lowest BCUT2D eigenvalue weighted by molar-refractivity contribution is 1.22. The molecule has 0 atom stereocenters. The van der Waals surface area contributed by atoms with Crippen molar-refractivity contribution >= 4 is 21.9 Å². The van der Waals surface area contributed by atoms with Crippen molar-refractivity contribution in [3.05, 3.63) is 31.0 Å². The third kappa shape index (κ3) is 0.885. The van der Waals surface area contributed by atoms with Crippen LogP contribution in [-0.2, 0) is 0 Å². The lowest BCUT2D eigenvalue weighted by Gasteiger charge is -1.94. The molecule has 0 saturated carbocycles. The van der Waals surface area contributed by atoms with E-state index in [0.29, 0.717) is 0 Å². The van der Waals surface area contributed by atoms with Crippen LogP contribution in [0.3, 0.4) is 0 Å². The summed E-state index contributed by atoms with van der Waals surface area (Å²) < 4.78 is 0. The predicted octanol–water partition coefficient (Wildman–Crippen LogP) is 1.51. The van der Waals surface area contributed by atoms with E-state index in [0.717, 1.165) is 21.9 Å². The number of benzene rings is 1. The van der Waals surface area contributed by atoms with Gasteiger partial charge in [-0.1, -0.05) is 0 Å². The Hall–Kier alpha value is -1.97. The molecule has 4 heteroatoms. The Bertz CT molecular complexity index is 520. The van der Waals surface area contributed by atoms with Crippen LogP contribution >= 0.6 is 0 Å². The quantitative estimate of drug-likeness (QED) is 0.556. The van der Waals surface area contributed by atoms with Crippen molar-refractivity contribution in [1.82, 2.24) is 19.9 Å². The van der Waals surface area contributed by atoms with Crippen molar-refractivity contribution in [3.63, 3.8) is 0 Å². The van der Waals surface area contributed by atoms with E-state index in [4.69, 9.17) is 0 Å². The summed E-state index contributed by atoms with van der Waals surface area (Å²) in [6.45, 7) is 0. The van der Waals surface area contributed by atoms with Crippen LogP contribution in [0.1, 0.15) is 0 Å². The zero-order chi connectivity index (χ0) is 8.67. The first-order valence-electron chi connectivity index (χ1n) is 3.96. The fourth-order valence-corrected chi connectivity index (χ4v) is 1.41. The second-order valence-electron chi connectivity index (χ2n) is 2.85. The number of aromatic nitrogens is 4. The molecule has 4 nitrogen and oxygen atoms in total. The topological polar surface area (TPSA) is 54.5 Å². The molecule has 0 spiro atoms. The van der Waals surface area contributed by atoms with Gasteiger partial charge in [-0.05, 0) is 12.1 Å². The standard InChI is InChI=1S/C9H6N4/c1-6-3-10-4-11-7(6)2-9-8(1)12-5-13-9/h1-5H,(H,12,13). The second kappa shape index (κ2) is 2.26. The first-order valence-corrected chi connectivity index (χ1v) is 3.96. The number of nitrogens with one attached hydrogen (secondary N) is 1. The molecule has 3 rings (SSSR count). The van der Waals surface area contributed by atoms with E-state index in [1.54, 1.807) is 18.9 Å². The number of nitrogens with zero attached hydrogens (tertiary/aromatic N) is 3. The number of aromatic amines is 1. The molecule has 0 saturated heterocycles. The van der Waals surface area contributed by atoms with Gasteiger partial charge in [-0.2, -0.15) is 0 Å². The van der Waals surface area contributed by atoms with Crippen LogP contribution in [0.2, 0.25) is 0 Å². The Kier molecular flexibility index (Phi) is 1.14. The summed E-state index contributed by atoms with van der Waals surface area (Å²) in [5, 5.41) is 1.03. The number of H-pyrrole nitrogens is 1. The molecule has 2 heterocycles. The normalized spacial score (nSPS) is 11.1. The van der Waals surface area contributed by atoms with Crippen LogP contribution in [0.15, 0.2) is 31.0 Å². The molecule has 13 heavy (non-hydrogen) atoms. The number of imidazole rings is 1. The minimum Gasteiger partial charge on any atom is -0.345 e. The molecule has 0 aliphatic rings. The zero-order valence-electron chi connectivity index (χ0n) is 6.73. The van der Waals surface area contributed by atoms with Crippen LogP contribution < -0.4 is 0 Å². The fourth-order valence-electron chi connectivity index (χ4n) is 1.41. The maximum Gasteiger partial charge on any atom is 0.116 e. The highest BCUT2D eigenvalue weighted by Gasteiger charge is 1.99. The fraction of sp³-hybridized carbons (Fsp3) is 0. The van der Waals surface area contributed by atoms with Crippen LogP contribution in [0.4, 0.5) is 0 Å². The van der Waals surface area contributed by atoms with Gasteiger partial charge in [0.25, 0.3) is 0 Å². The van der Waals surface area contributed by atoms with E-state index in [1.807, 2.05) is 12.1 Å². The van der Waals surface area contributed by atoms with Crippen LogP contribution in [0.5, 0.6) is 0 Å². The molecule has 62 valence electrons. The van der Waals surface area contributed by atoms with Crippen molar-refractivity contribution in [1.29, 1.82) is 0 Å². The van der Waals surface area contributed by atoms with Crippen molar-refractivity contribution in [2.24, 2.45) is 0 Å². The van der Waals surface area contributed by atoms with Gasteiger partial charge in [-0.15, -0.1) is 0 Å². The molecular formula is C9H6N4. The maximum atomic E-state index is 4.15. The Balaban J connectivity index is 2.57. The van der Waals surface area contributed by atoms with E-state index in [2.05, 4.69) is 19.9 Å². The highest BCUT2D eigenvalue weighted by molar-refractivity contribution is 5.92. The van der Waals surface area contributed by atoms with Gasteiger partial charge in [-0.3, -0.25) is 0 Å². The lowest BCUT2D eigenvalue weighted by Crippen LogP contribution is -1.80. The first-order chi connectivity index (χ1) is 6.43. The SMILES string of the molecule is c1ncc2cc3[nH]cnc3cc2n1. The minimum absolute atomic E-state index is 0.926. The van der Waals surface area contributed by atoms with Crippen molar-refractivity contribution in [2.45, 2.75) is 0 Å². The molecule has 0 unspecified atom stereocenters. The molecule has 0 amide bonds. The van der Waals surface area contributed by atoms with Gasteiger partial charge >= 0.3 is 0 Å². The summed E-state index contributed by atoms with van der Waals surface area (Å²) >= 11 is 0. The van der Waals surface area contributed by atoms with Gasteiger partial charge in [-0.25, -0.2) is 15.0 Å². The highest BCUT2D eigenvalue weighted by atomic mass is 14.9. The highest BCUT2D eigenvalue weighted by Crippen LogP contribution is 2.16. The molecule has 0 fully saturated rings. The molecule has 1 N–H and O–H groups in total. The Morgan fingerprint density at radius 3 is 3.08 bits per heavy atom. The van der Waals surface area contributed by atoms with Gasteiger partial charge < -0.3 is 4.98 Å². The predicted molar refractivity (Wildman–Crippen MR) is 49.2 cm³/mol. The number of hydrogen-bond acceptors (Lipinski definition) is 3. The van der Waals surface area contributed by atoms with E-state index in [-0.39, 0.29) is 0 Å². The second-order valence-corrected chi connectivity index (χ2v) is 2.85. The molecule has 0 radical (unpaired) electrons. The summed E-state index contributed by atoms with van der Waals surface area (Å²) in [4.78, 5) is 15.3. The van der Waals surface area contributed by atoms with Gasteiger partial charge in [0.15, 0.2) is 0 Å². The van der Waals surface area contributed by atoms with Crippen LogP contribution in [-0.4, -0.2) is 19.9 Å². The molecule has 0 aliphatic carbocycles. The third-order valence-corrected chi connectivity index (χ3v) is 2.05. The molecule has 1 aromatic carbocycles. The van der Waals surface area contributed by atoms with E-state index < -0.39 is 0 Å². The van der Waals surface area contributed by atoms with Gasteiger partial charge in [0, 0.05) is 11.6 Å². The van der Waals surface area contributed by atoms with Crippen molar-refractivity contribution < 1.29 is 0 Å². The molecule has 0 aliphatic heterocycles. The molecular weight excluding hydrogens is 164 g/mol. The summed E-state index contributed by atoms with van der Waals surface area (Å²) in [7, 11) is 0.